The van der Waals surface area contributed by atoms with Crippen molar-refractivity contribution in [2.45, 2.75) is 19.3 Å². The fourth-order valence-corrected chi connectivity index (χ4v) is 8.81. The van der Waals surface area contributed by atoms with Gasteiger partial charge in [-0.15, -0.1) is 0 Å². The van der Waals surface area contributed by atoms with E-state index in [2.05, 4.69) is 188 Å². The molecule has 0 unspecified atom stereocenters. The predicted octanol–water partition coefficient (Wildman–Crippen LogP) is 13.6. The maximum absolute atomic E-state index is 5.13. The van der Waals surface area contributed by atoms with Crippen LogP contribution < -0.4 is 0 Å². The van der Waals surface area contributed by atoms with Crippen molar-refractivity contribution in [3.05, 3.63) is 205 Å². The highest BCUT2D eigenvalue weighted by Gasteiger charge is 2.36. The molecule has 3 heterocycles. The number of nitrogens with zero attached hydrogens (tertiary/aromatic N) is 4. The minimum absolute atomic E-state index is 0.264. The van der Waals surface area contributed by atoms with Crippen LogP contribution in [0.1, 0.15) is 25.0 Å². The van der Waals surface area contributed by atoms with Crippen LogP contribution in [0, 0.1) is 0 Å². The molecule has 0 atom stereocenters. The van der Waals surface area contributed by atoms with E-state index < -0.39 is 0 Å². The van der Waals surface area contributed by atoms with Crippen LogP contribution in [-0.2, 0) is 5.41 Å². The molecular weight excluding hydrogens is 705 g/mol. The summed E-state index contributed by atoms with van der Waals surface area (Å²) in [7, 11) is 0. The molecule has 0 N–H and O–H groups in total. The van der Waals surface area contributed by atoms with Crippen molar-refractivity contribution in [1.82, 2.24) is 19.5 Å². The fraction of sp³-hybridized carbons (Fsp3) is 0.0556. The molecule has 0 fully saturated rings. The highest BCUT2D eigenvalue weighted by molar-refractivity contribution is 6.13. The van der Waals surface area contributed by atoms with Gasteiger partial charge in [0.1, 0.15) is 0 Å². The highest BCUT2D eigenvalue weighted by atomic mass is 15.0. The van der Waals surface area contributed by atoms with Crippen LogP contribution in [0.4, 0.5) is 0 Å². The Hall–Kier alpha value is -7.43. The van der Waals surface area contributed by atoms with E-state index in [4.69, 9.17) is 15.0 Å². The first kappa shape index (κ1) is 33.9. The number of benzene rings is 8. The largest absolute Gasteiger partial charge is 0.309 e. The zero-order chi connectivity index (χ0) is 38.8. The summed E-state index contributed by atoms with van der Waals surface area (Å²) in [6.07, 6.45) is 0. The van der Waals surface area contributed by atoms with Crippen molar-refractivity contribution in [2.75, 3.05) is 0 Å². The van der Waals surface area contributed by atoms with Crippen LogP contribution in [-0.4, -0.2) is 19.5 Å². The maximum atomic E-state index is 5.13. The molecule has 58 heavy (non-hydrogen) atoms. The predicted molar refractivity (Wildman–Crippen MR) is 239 cm³/mol. The maximum Gasteiger partial charge on any atom is 0.164 e. The molecule has 0 aliphatic carbocycles. The summed E-state index contributed by atoms with van der Waals surface area (Å²) in [4.78, 5) is 15.2. The Morgan fingerprint density at radius 2 is 0.810 bits per heavy atom. The molecule has 0 radical (unpaired) electrons. The molecule has 0 saturated carbocycles. The third-order valence-electron chi connectivity index (χ3n) is 11.8. The molecule has 2 aromatic heterocycles. The molecular formula is C54H38N4. The van der Waals surface area contributed by atoms with Crippen LogP contribution in [0.25, 0.3) is 95.0 Å². The first-order valence-corrected chi connectivity index (χ1v) is 19.9. The Morgan fingerprint density at radius 3 is 1.50 bits per heavy atom. The molecule has 11 rings (SSSR count). The topological polar surface area (TPSA) is 43.6 Å². The van der Waals surface area contributed by atoms with Crippen LogP contribution in [0.15, 0.2) is 194 Å². The molecule has 4 heteroatoms. The van der Waals surface area contributed by atoms with Crippen LogP contribution in [0.2, 0.25) is 0 Å². The Labute approximate surface area is 337 Å². The van der Waals surface area contributed by atoms with Crippen molar-refractivity contribution in [3.8, 4) is 73.2 Å². The fourth-order valence-electron chi connectivity index (χ4n) is 8.81. The van der Waals surface area contributed by atoms with E-state index in [-0.39, 0.29) is 5.41 Å². The van der Waals surface area contributed by atoms with Crippen molar-refractivity contribution in [3.63, 3.8) is 0 Å². The van der Waals surface area contributed by atoms with E-state index in [0.29, 0.717) is 17.5 Å². The van der Waals surface area contributed by atoms with E-state index in [9.17, 15) is 0 Å². The molecule has 0 saturated heterocycles. The van der Waals surface area contributed by atoms with E-state index >= 15 is 0 Å². The van der Waals surface area contributed by atoms with Crippen molar-refractivity contribution >= 4 is 21.8 Å². The minimum atomic E-state index is -0.264. The van der Waals surface area contributed by atoms with Gasteiger partial charge in [-0.25, -0.2) is 15.0 Å². The van der Waals surface area contributed by atoms with Gasteiger partial charge < -0.3 is 4.57 Å². The van der Waals surface area contributed by atoms with Gasteiger partial charge in [0.2, 0.25) is 0 Å². The number of rotatable bonds is 6. The Kier molecular flexibility index (Phi) is 7.80. The zero-order valence-corrected chi connectivity index (χ0v) is 32.3. The number of hydrogen-bond acceptors (Lipinski definition) is 3. The van der Waals surface area contributed by atoms with Gasteiger partial charge in [-0.1, -0.05) is 172 Å². The highest BCUT2D eigenvalue weighted by Crippen LogP contribution is 2.50. The van der Waals surface area contributed by atoms with Gasteiger partial charge in [0, 0.05) is 32.9 Å². The van der Waals surface area contributed by atoms with Crippen LogP contribution >= 0.6 is 0 Å². The molecule has 1 aliphatic heterocycles. The molecule has 1 aliphatic rings. The van der Waals surface area contributed by atoms with Gasteiger partial charge >= 0.3 is 0 Å². The molecule has 0 spiro atoms. The molecule has 274 valence electrons. The van der Waals surface area contributed by atoms with Crippen molar-refractivity contribution in [2.24, 2.45) is 0 Å². The van der Waals surface area contributed by atoms with Gasteiger partial charge in [-0.05, 0) is 80.9 Å². The lowest BCUT2D eigenvalue weighted by Crippen LogP contribution is -2.26. The number of fused-ring (bicyclic) bond motifs is 5. The molecule has 0 amide bonds. The second-order valence-corrected chi connectivity index (χ2v) is 15.7. The monoisotopic (exact) mass is 742 g/mol. The van der Waals surface area contributed by atoms with Gasteiger partial charge in [0.15, 0.2) is 17.5 Å². The van der Waals surface area contributed by atoms with Gasteiger partial charge in [-0.2, -0.15) is 0 Å². The van der Waals surface area contributed by atoms with E-state index in [0.717, 1.165) is 33.4 Å². The average Bonchev–Trinajstić information content (AvgIpc) is 3.63. The number of para-hydroxylation sites is 1. The lowest BCUT2D eigenvalue weighted by molar-refractivity contribution is 0.630. The third kappa shape index (κ3) is 5.56. The van der Waals surface area contributed by atoms with Gasteiger partial charge in [0.05, 0.1) is 16.7 Å². The SMILES string of the molecule is CC1(C)c2cc(-c3ccccc3)ccc2-n2c3ccccc3c3cc(-c4cccc(-c5nc(-c6ccccc6)nc(-c6ccc(-c7ccccc7)cc6)n5)c4)cc1c32. The summed E-state index contributed by atoms with van der Waals surface area (Å²) >= 11 is 0. The summed E-state index contributed by atoms with van der Waals surface area (Å²) in [6.45, 7) is 4.75. The molecule has 8 aromatic carbocycles. The first-order valence-electron chi connectivity index (χ1n) is 19.9. The summed E-state index contributed by atoms with van der Waals surface area (Å²) in [5, 5.41) is 2.51. The summed E-state index contributed by atoms with van der Waals surface area (Å²) in [5.74, 6) is 1.93. The van der Waals surface area contributed by atoms with E-state index in [1.807, 2.05) is 24.3 Å². The zero-order valence-electron chi connectivity index (χ0n) is 32.3. The van der Waals surface area contributed by atoms with Gasteiger partial charge in [0.25, 0.3) is 0 Å². The molecule has 0 bridgehead atoms. The smallest absolute Gasteiger partial charge is 0.164 e. The Bertz CT molecular complexity index is 3160. The second kappa shape index (κ2) is 13.4. The summed E-state index contributed by atoms with van der Waals surface area (Å²) < 4.78 is 2.49. The Morgan fingerprint density at radius 1 is 0.345 bits per heavy atom. The van der Waals surface area contributed by atoms with Gasteiger partial charge in [-0.3, -0.25) is 0 Å². The average molecular weight is 743 g/mol. The Balaban J connectivity index is 1.06. The normalized spacial score (nSPS) is 12.8. The third-order valence-corrected chi connectivity index (χ3v) is 11.8. The lowest BCUT2D eigenvalue weighted by Gasteiger charge is -2.35. The second-order valence-electron chi connectivity index (χ2n) is 15.7. The lowest BCUT2D eigenvalue weighted by atomic mass is 9.73. The summed E-state index contributed by atoms with van der Waals surface area (Å²) in [6, 6.07) is 69.0. The molecule has 10 aromatic rings. The molecule has 4 nitrogen and oxygen atoms in total. The van der Waals surface area contributed by atoms with Crippen LogP contribution in [0.5, 0.6) is 0 Å². The van der Waals surface area contributed by atoms with Crippen molar-refractivity contribution in [1.29, 1.82) is 0 Å². The van der Waals surface area contributed by atoms with Crippen molar-refractivity contribution < 1.29 is 0 Å². The first-order chi connectivity index (χ1) is 28.5. The minimum Gasteiger partial charge on any atom is -0.309 e. The quantitative estimate of drug-likeness (QED) is 0.170. The van der Waals surface area contributed by atoms with E-state index in [1.54, 1.807) is 0 Å². The standard InChI is InChI=1S/C54H38N4/c1-54(2)46-33-41(36-17-8-4-9-18-36)29-30-49(46)58-48-24-13-12-23-44(48)45-32-43(34-47(54)50(45)58)40-21-14-22-42(31-40)53-56-51(38-19-10-5-11-20-38)55-52(57-53)39-27-25-37(26-28-39)35-15-6-3-7-16-35/h3-34H,1-2H3. The van der Waals surface area contributed by atoms with E-state index in [1.165, 1.54) is 55.3 Å². The number of hydrogen-bond donors (Lipinski definition) is 0. The summed E-state index contributed by atoms with van der Waals surface area (Å²) in [5.41, 5.74) is 16.0. The van der Waals surface area contributed by atoms with Crippen LogP contribution in [0.3, 0.4) is 0 Å². The number of aromatic nitrogens is 4.